The normalized spacial score (nSPS) is 47.9. The van der Waals surface area contributed by atoms with Gasteiger partial charge >= 0.3 is 0 Å². The van der Waals surface area contributed by atoms with E-state index in [-0.39, 0.29) is 5.79 Å². The molecule has 0 aromatic heterocycles. The highest BCUT2D eigenvalue weighted by molar-refractivity contribution is 5.30. The van der Waals surface area contributed by atoms with Gasteiger partial charge in [-0.3, -0.25) is 0 Å². The number of fused-ring (bicyclic) bond motifs is 5. The molecule has 1 spiro atoms. The minimum Gasteiger partial charge on any atom is -0.348 e. The Kier molecular flexibility index (Phi) is 3.17. The predicted octanol–water partition coefficient (Wildman–Crippen LogP) is 4.86. The van der Waals surface area contributed by atoms with E-state index in [1.807, 2.05) is 5.57 Å². The van der Waals surface area contributed by atoms with Crippen molar-refractivity contribution in [1.29, 1.82) is 0 Å². The molecule has 1 saturated heterocycles. The fourth-order valence-electron chi connectivity index (χ4n) is 6.79. The molecule has 0 aromatic carbocycles. The molecular formula is C21H30O2. The third-order valence-electron chi connectivity index (χ3n) is 8.13. The molecule has 5 atom stereocenters. The van der Waals surface area contributed by atoms with Crippen LogP contribution in [0.25, 0.3) is 0 Å². The van der Waals surface area contributed by atoms with Gasteiger partial charge in [-0.2, -0.15) is 0 Å². The molecule has 4 aliphatic carbocycles. The highest BCUT2D eigenvalue weighted by Crippen LogP contribution is 2.62. The van der Waals surface area contributed by atoms with Crippen molar-refractivity contribution in [3.63, 3.8) is 0 Å². The van der Waals surface area contributed by atoms with Crippen LogP contribution in [0.3, 0.4) is 0 Å². The van der Waals surface area contributed by atoms with Crippen molar-refractivity contribution in [2.24, 2.45) is 29.1 Å². The van der Waals surface area contributed by atoms with Gasteiger partial charge in [0, 0.05) is 12.8 Å². The van der Waals surface area contributed by atoms with Crippen molar-refractivity contribution in [3.8, 4) is 0 Å². The largest absolute Gasteiger partial charge is 0.348 e. The minimum absolute atomic E-state index is 0.209. The average Bonchev–Trinajstić information content (AvgIpc) is 3.12. The molecule has 0 bridgehead atoms. The fraction of sp³-hybridized carbons (Fsp3) is 0.810. The summed E-state index contributed by atoms with van der Waals surface area (Å²) >= 11 is 0. The Hall–Kier alpha value is -0.600. The summed E-state index contributed by atoms with van der Waals surface area (Å²) in [5.74, 6) is 3.10. The van der Waals surface area contributed by atoms with Gasteiger partial charge in [-0.05, 0) is 67.6 Å². The van der Waals surface area contributed by atoms with Crippen molar-refractivity contribution in [3.05, 3.63) is 23.8 Å². The molecular weight excluding hydrogens is 284 g/mol. The lowest BCUT2D eigenvalue weighted by molar-refractivity contribution is -0.196. The Morgan fingerprint density at radius 3 is 2.74 bits per heavy atom. The van der Waals surface area contributed by atoms with Crippen LogP contribution in [0.2, 0.25) is 0 Å². The van der Waals surface area contributed by atoms with E-state index in [0.717, 1.165) is 49.7 Å². The van der Waals surface area contributed by atoms with E-state index in [2.05, 4.69) is 19.6 Å². The van der Waals surface area contributed by atoms with Gasteiger partial charge < -0.3 is 9.47 Å². The summed E-state index contributed by atoms with van der Waals surface area (Å²) < 4.78 is 12.0. The third-order valence-corrected chi connectivity index (χ3v) is 8.13. The molecule has 5 unspecified atom stereocenters. The molecule has 0 aromatic rings. The van der Waals surface area contributed by atoms with E-state index >= 15 is 0 Å². The average molecular weight is 314 g/mol. The van der Waals surface area contributed by atoms with Crippen LogP contribution in [-0.4, -0.2) is 19.0 Å². The molecule has 23 heavy (non-hydrogen) atoms. The van der Waals surface area contributed by atoms with E-state index in [1.54, 1.807) is 0 Å². The van der Waals surface area contributed by atoms with Crippen molar-refractivity contribution in [2.75, 3.05) is 13.2 Å². The van der Waals surface area contributed by atoms with Crippen LogP contribution in [0.1, 0.15) is 58.3 Å². The minimum atomic E-state index is -0.209. The number of hydrogen-bond donors (Lipinski definition) is 0. The van der Waals surface area contributed by atoms with Gasteiger partial charge in [0.05, 0.1) is 13.2 Å². The van der Waals surface area contributed by atoms with Gasteiger partial charge in [-0.25, -0.2) is 0 Å². The molecule has 2 heteroatoms. The predicted molar refractivity (Wildman–Crippen MR) is 90.9 cm³/mol. The molecule has 0 N–H and O–H groups in total. The van der Waals surface area contributed by atoms with E-state index in [0.29, 0.717) is 5.41 Å². The molecule has 5 aliphatic rings. The summed E-state index contributed by atoms with van der Waals surface area (Å²) in [5.41, 5.74) is 3.75. The lowest BCUT2D eigenvalue weighted by Crippen LogP contribution is -2.46. The number of allylic oxidation sites excluding steroid dienone is 3. The molecule has 3 saturated carbocycles. The van der Waals surface area contributed by atoms with E-state index in [1.165, 1.54) is 44.1 Å². The lowest BCUT2D eigenvalue weighted by atomic mass is 9.54. The van der Waals surface area contributed by atoms with Gasteiger partial charge in [0.1, 0.15) is 0 Å². The maximum atomic E-state index is 6.01. The Morgan fingerprint density at radius 1 is 1.09 bits per heavy atom. The molecule has 126 valence electrons. The van der Waals surface area contributed by atoms with Crippen LogP contribution in [0.5, 0.6) is 0 Å². The van der Waals surface area contributed by atoms with Gasteiger partial charge in [-0.15, -0.1) is 0 Å². The summed E-state index contributed by atoms with van der Waals surface area (Å²) in [7, 11) is 0. The van der Waals surface area contributed by atoms with E-state index < -0.39 is 0 Å². The number of ether oxygens (including phenoxy) is 2. The van der Waals surface area contributed by atoms with Gasteiger partial charge in [0.2, 0.25) is 0 Å². The number of hydrogen-bond acceptors (Lipinski definition) is 2. The topological polar surface area (TPSA) is 18.5 Å². The van der Waals surface area contributed by atoms with Crippen molar-refractivity contribution in [1.82, 2.24) is 0 Å². The second-order valence-corrected chi connectivity index (χ2v) is 8.98. The van der Waals surface area contributed by atoms with Crippen LogP contribution >= 0.6 is 0 Å². The van der Waals surface area contributed by atoms with Gasteiger partial charge in [0.25, 0.3) is 0 Å². The second kappa shape index (κ2) is 4.95. The third kappa shape index (κ3) is 2.00. The highest BCUT2D eigenvalue weighted by Gasteiger charge is 2.54. The zero-order valence-corrected chi connectivity index (χ0v) is 14.5. The van der Waals surface area contributed by atoms with Crippen molar-refractivity contribution in [2.45, 2.75) is 64.1 Å². The maximum Gasteiger partial charge on any atom is 0.168 e. The Labute approximate surface area is 140 Å². The summed E-state index contributed by atoms with van der Waals surface area (Å²) in [6.07, 6.45) is 12.8. The maximum absolute atomic E-state index is 6.01. The quantitative estimate of drug-likeness (QED) is 0.595. The monoisotopic (exact) mass is 314 g/mol. The SMILES string of the molecule is C=C1CCC2C3CCC4CC5(CCC4C3=CCC12C)OCCO5. The first-order valence-electron chi connectivity index (χ1n) is 9.77. The molecule has 4 fully saturated rings. The van der Waals surface area contributed by atoms with Gasteiger partial charge in [0.15, 0.2) is 5.79 Å². The van der Waals surface area contributed by atoms with Gasteiger partial charge in [-0.1, -0.05) is 30.7 Å². The Balaban J connectivity index is 1.42. The van der Waals surface area contributed by atoms with Crippen LogP contribution in [-0.2, 0) is 9.47 Å². The first-order chi connectivity index (χ1) is 11.1. The first-order valence-corrected chi connectivity index (χ1v) is 9.77. The summed E-state index contributed by atoms with van der Waals surface area (Å²) in [6, 6.07) is 0. The fourth-order valence-corrected chi connectivity index (χ4v) is 6.79. The zero-order chi connectivity index (χ0) is 15.7. The summed E-state index contributed by atoms with van der Waals surface area (Å²) in [4.78, 5) is 0. The van der Waals surface area contributed by atoms with Crippen LogP contribution in [0, 0.1) is 29.1 Å². The Morgan fingerprint density at radius 2 is 1.91 bits per heavy atom. The summed E-state index contributed by atoms with van der Waals surface area (Å²) in [5, 5.41) is 0. The molecule has 0 radical (unpaired) electrons. The first kappa shape index (κ1) is 14.7. The number of rotatable bonds is 0. The smallest absolute Gasteiger partial charge is 0.168 e. The molecule has 0 amide bonds. The van der Waals surface area contributed by atoms with Crippen molar-refractivity contribution < 1.29 is 9.47 Å². The molecule has 1 aliphatic heterocycles. The van der Waals surface area contributed by atoms with Crippen LogP contribution in [0.15, 0.2) is 23.8 Å². The second-order valence-electron chi connectivity index (χ2n) is 8.98. The summed E-state index contributed by atoms with van der Waals surface area (Å²) in [6.45, 7) is 8.50. The highest BCUT2D eigenvalue weighted by atomic mass is 16.7. The molecule has 1 heterocycles. The Bertz CT molecular complexity index is 556. The van der Waals surface area contributed by atoms with Crippen LogP contribution < -0.4 is 0 Å². The zero-order valence-electron chi connectivity index (χ0n) is 14.5. The lowest BCUT2D eigenvalue weighted by Gasteiger charge is -2.52. The molecule has 2 nitrogen and oxygen atoms in total. The van der Waals surface area contributed by atoms with Crippen LogP contribution in [0.4, 0.5) is 0 Å². The standard InChI is InChI=1S/C21H30O2/c1-14-3-6-19-18-5-4-15-13-21(22-11-12-23-21)10-8-16(15)17(18)7-9-20(14,19)2/h7,15-16,18-19H,1,3-6,8-13H2,2H3. The molecule has 5 rings (SSSR count). The van der Waals surface area contributed by atoms with Crippen molar-refractivity contribution >= 4 is 0 Å². The van der Waals surface area contributed by atoms with E-state index in [4.69, 9.17) is 9.47 Å². The van der Waals surface area contributed by atoms with E-state index in [9.17, 15) is 0 Å².